The second-order valence-electron chi connectivity index (χ2n) is 3.99. The van der Waals surface area contributed by atoms with Gasteiger partial charge in [0.05, 0.1) is 29.2 Å². The van der Waals surface area contributed by atoms with E-state index in [0.717, 1.165) is 4.47 Å². The van der Waals surface area contributed by atoms with Crippen LogP contribution < -0.4 is 9.46 Å². The minimum atomic E-state index is -3.51. The first-order chi connectivity index (χ1) is 9.51. The van der Waals surface area contributed by atoms with Gasteiger partial charge < -0.3 is 4.74 Å². The molecule has 0 aliphatic carbocycles. The van der Waals surface area contributed by atoms with Crippen LogP contribution >= 0.6 is 15.9 Å². The van der Waals surface area contributed by atoms with Crippen LogP contribution in [0.4, 0.5) is 0 Å². The van der Waals surface area contributed by atoms with E-state index in [0.29, 0.717) is 12.3 Å². The van der Waals surface area contributed by atoms with Gasteiger partial charge in [0.25, 0.3) is 0 Å². The predicted octanol–water partition coefficient (Wildman–Crippen LogP) is 1.63. The van der Waals surface area contributed by atoms with Crippen molar-refractivity contribution in [3.8, 4) is 5.75 Å². The summed E-state index contributed by atoms with van der Waals surface area (Å²) >= 11 is 3.28. The molecule has 0 aliphatic heterocycles. The van der Waals surface area contributed by atoms with Crippen LogP contribution in [0.1, 0.15) is 0 Å². The van der Waals surface area contributed by atoms with E-state index in [1.165, 1.54) is 19.2 Å². The standard InChI is InChI=1S/C12H14BrN3O3S/c1-19-11-2-4-12(5-3-11)20(17,18)15-6-7-16-9-10(13)8-14-16/h2-5,8-9,15H,6-7H2,1H3. The first-order valence-corrected chi connectivity index (χ1v) is 8.10. The summed E-state index contributed by atoms with van der Waals surface area (Å²) in [5.74, 6) is 0.616. The predicted molar refractivity (Wildman–Crippen MR) is 78.1 cm³/mol. The molecule has 0 saturated carbocycles. The lowest BCUT2D eigenvalue weighted by Gasteiger charge is -2.07. The number of ether oxygens (including phenoxy) is 1. The Morgan fingerprint density at radius 1 is 1.35 bits per heavy atom. The fourth-order valence-electron chi connectivity index (χ4n) is 1.59. The van der Waals surface area contributed by atoms with Gasteiger partial charge in [-0.2, -0.15) is 5.10 Å². The van der Waals surface area contributed by atoms with Crippen molar-refractivity contribution < 1.29 is 13.2 Å². The molecule has 1 N–H and O–H groups in total. The molecule has 20 heavy (non-hydrogen) atoms. The summed E-state index contributed by atoms with van der Waals surface area (Å²) in [7, 11) is -1.98. The number of benzene rings is 1. The largest absolute Gasteiger partial charge is 0.497 e. The van der Waals surface area contributed by atoms with Gasteiger partial charge in [0.1, 0.15) is 5.75 Å². The molecule has 1 aromatic carbocycles. The van der Waals surface area contributed by atoms with Gasteiger partial charge in [0.15, 0.2) is 0 Å². The van der Waals surface area contributed by atoms with Crippen molar-refractivity contribution in [2.75, 3.05) is 13.7 Å². The lowest BCUT2D eigenvalue weighted by atomic mass is 10.3. The topological polar surface area (TPSA) is 73.2 Å². The molecule has 2 rings (SSSR count). The van der Waals surface area contributed by atoms with Crippen LogP contribution in [0.15, 0.2) is 46.0 Å². The maximum absolute atomic E-state index is 12.0. The van der Waals surface area contributed by atoms with Crippen molar-refractivity contribution in [3.63, 3.8) is 0 Å². The summed E-state index contributed by atoms with van der Waals surface area (Å²) in [6.07, 6.45) is 3.43. The monoisotopic (exact) mass is 359 g/mol. The Bertz CT molecular complexity index is 668. The summed E-state index contributed by atoms with van der Waals surface area (Å²) in [5, 5.41) is 4.05. The smallest absolute Gasteiger partial charge is 0.240 e. The van der Waals surface area contributed by atoms with Gasteiger partial charge in [0.2, 0.25) is 10.0 Å². The van der Waals surface area contributed by atoms with Crippen molar-refractivity contribution in [2.24, 2.45) is 0 Å². The summed E-state index contributed by atoms with van der Waals surface area (Å²) in [6, 6.07) is 6.23. The molecule has 0 saturated heterocycles. The van der Waals surface area contributed by atoms with E-state index in [1.807, 2.05) is 0 Å². The van der Waals surface area contributed by atoms with E-state index in [4.69, 9.17) is 4.74 Å². The number of methoxy groups -OCH3 is 1. The summed E-state index contributed by atoms with van der Waals surface area (Å²) in [4.78, 5) is 0.208. The fourth-order valence-corrected chi connectivity index (χ4v) is 2.94. The highest BCUT2D eigenvalue weighted by Gasteiger charge is 2.13. The third-order valence-electron chi connectivity index (χ3n) is 2.60. The summed E-state index contributed by atoms with van der Waals surface area (Å²) in [5.41, 5.74) is 0. The molecule has 0 aliphatic rings. The quantitative estimate of drug-likeness (QED) is 0.850. The highest BCUT2D eigenvalue weighted by molar-refractivity contribution is 9.10. The number of sulfonamides is 1. The zero-order valence-electron chi connectivity index (χ0n) is 10.8. The lowest BCUT2D eigenvalue weighted by Crippen LogP contribution is -2.27. The van der Waals surface area contributed by atoms with E-state index in [-0.39, 0.29) is 11.4 Å². The second-order valence-corrected chi connectivity index (χ2v) is 6.68. The Morgan fingerprint density at radius 3 is 2.60 bits per heavy atom. The first kappa shape index (κ1) is 15.0. The normalized spacial score (nSPS) is 11.5. The molecule has 108 valence electrons. The van der Waals surface area contributed by atoms with E-state index in [9.17, 15) is 8.42 Å². The fraction of sp³-hybridized carbons (Fsp3) is 0.250. The number of halogens is 1. The van der Waals surface area contributed by atoms with Gasteiger partial charge in [-0.25, -0.2) is 13.1 Å². The molecular weight excluding hydrogens is 346 g/mol. The van der Waals surface area contributed by atoms with Crippen molar-refractivity contribution in [3.05, 3.63) is 41.1 Å². The molecule has 0 fully saturated rings. The number of hydrogen-bond donors (Lipinski definition) is 1. The highest BCUT2D eigenvalue weighted by Crippen LogP contribution is 2.15. The Balaban J connectivity index is 1.96. The van der Waals surface area contributed by atoms with Gasteiger partial charge in [-0.05, 0) is 40.2 Å². The number of rotatable bonds is 6. The van der Waals surface area contributed by atoms with Crippen LogP contribution in [0.2, 0.25) is 0 Å². The second kappa shape index (κ2) is 6.38. The molecule has 1 heterocycles. The van der Waals surface area contributed by atoms with Crippen LogP contribution in [-0.2, 0) is 16.6 Å². The highest BCUT2D eigenvalue weighted by atomic mass is 79.9. The van der Waals surface area contributed by atoms with E-state index in [2.05, 4.69) is 25.8 Å². The molecule has 0 bridgehead atoms. The lowest BCUT2D eigenvalue weighted by molar-refractivity contribution is 0.414. The van der Waals surface area contributed by atoms with Crippen LogP contribution in [0.25, 0.3) is 0 Å². The van der Waals surface area contributed by atoms with Gasteiger partial charge in [0, 0.05) is 12.7 Å². The van der Waals surface area contributed by atoms with Crippen LogP contribution in [-0.4, -0.2) is 31.9 Å². The average molecular weight is 360 g/mol. The Hall–Kier alpha value is -1.38. The van der Waals surface area contributed by atoms with E-state index >= 15 is 0 Å². The van der Waals surface area contributed by atoms with Crippen LogP contribution in [0, 0.1) is 0 Å². The number of aromatic nitrogens is 2. The molecule has 6 nitrogen and oxygen atoms in total. The molecule has 2 aromatic rings. The number of hydrogen-bond acceptors (Lipinski definition) is 4. The average Bonchev–Trinajstić information content (AvgIpc) is 2.84. The maximum Gasteiger partial charge on any atom is 0.240 e. The van der Waals surface area contributed by atoms with Crippen LogP contribution in [0.3, 0.4) is 0 Å². The zero-order chi connectivity index (χ0) is 14.6. The van der Waals surface area contributed by atoms with E-state index in [1.54, 1.807) is 29.2 Å². The minimum absolute atomic E-state index is 0.208. The van der Waals surface area contributed by atoms with Gasteiger partial charge in [-0.15, -0.1) is 0 Å². The van der Waals surface area contributed by atoms with Crippen molar-refractivity contribution in [2.45, 2.75) is 11.4 Å². The third-order valence-corrected chi connectivity index (χ3v) is 4.49. The number of nitrogens with one attached hydrogen (secondary N) is 1. The molecule has 8 heteroatoms. The van der Waals surface area contributed by atoms with Crippen LogP contribution in [0.5, 0.6) is 5.75 Å². The third kappa shape index (κ3) is 3.81. The van der Waals surface area contributed by atoms with Crippen molar-refractivity contribution in [1.29, 1.82) is 0 Å². The molecule has 1 aromatic heterocycles. The molecule has 0 unspecified atom stereocenters. The van der Waals surface area contributed by atoms with Crippen molar-refractivity contribution >= 4 is 26.0 Å². The molecule has 0 radical (unpaired) electrons. The SMILES string of the molecule is COc1ccc(S(=O)(=O)NCCn2cc(Br)cn2)cc1. The Morgan fingerprint density at radius 2 is 2.05 bits per heavy atom. The molecule has 0 atom stereocenters. The van der Waals surface area contributed by atoms with Gasteiger partial charge in [-0.1, -0.05) is 0 Å². The number of nitrogens with zero attached hydrogens (tertiary/aromatic N) is 2. The maximum atomic E-state index is 12.0. The molecular formula is C12H14BrN3O3S. The molecule has 0 spiro atoms. The summed E-state index contributed by atoms with van der Waals surface area (Å²) < 4.78 is 34.1. The van der Waals surface area contributed by atoms with E-state index < -0.39 is 10.0 Å². The Kier molecular flexibility index (Phi) is 4.79. The zero-order valence-corrected chi connectivity index (χ0v) is 13.2. The van der Waals surface area contributed by atoms with Gasteiger partial charge in [-0.3, -0.25) is 4.68 Å². The Labute approximate surface area is 125 Å². The van der Waals surface area contributed by atoms with Gasteiger partial charge >= 0.3 is 0 Å². The summed E-state index contributed by atoms with van der Waals surface area (Å²) in [6.45, 7) is 0.726. The minimum Gasteiger partial charge on any atom is -0.497 e. The van der Waals surface area contributed by atoms with Crippen molar-refractivity contribution in [1.82, 2.24) is 14.5 Å². The first-order valence-electron chi connectivity index (χ1n) is 5.83. The molecule has 0 amide bonds.